The summed E-state index contributed by atoms with van der Waals surface area (Å²) >= 11 is -4.28. The predicted molar refractivity (Wildman–Crippen MR) is 2.06 cm³/mol. The molecular weight excluding hydrogens is 356 g/mol. The standard InChI is InChI=1S/Gd.3O.Sm. The van der Waals surface area contributed by atoms with Crippen LogP contribution in [0.4, 0.5) is 0 Å². The Balaban J connectivity index is 0. The summed E-state index contributed by atoms with van der Waals surface area (Å²) in [6, 6.07) is 0. The van der Waals surface area contributed by atoms with Crippen molar-refractivity contribution in [1.29, 1.82) is 0 Å². The summed E-state index contributed by atoms with van der Waals surface area (Å²) in [5, 5.41) is 0. The van der Waals surface area contributed by atoms with E-state index in [9.17, 15) is 0 Å². The van der Waals surface area contributed by atoms with Crippen LogP contribution < -0.4 is 0 Å². The van der Waals surface area contributed by atoms with E-state index >= 15 is 0 Å². The fourth-order valence-electron chi connectivity index (χ4n) is 0. The van der Waals surface area contributed by atoms with E-state index < -0.39 is 34.6 Å². The molecular formula is GdO3Sm. The molecule has 0 saturated heterocycles. The Kier molecular flexibility index (Phi) is 12.3. The van der Waals surface area contributed by atoms with Gasteiger partial charge in [0.25, 0.3) is 0 Å². The van der Waals surface area contributed by atoms with Crippen molar-refractivity contribution < 1.29 is 77.8 Å². The van der Waals surface area contributed by atoms with Crippen molar-refractivity contribution in [2.24, 2.45) is 0 Å². The average molecular weight is 356 g/mol. The monoisotopic (exact) mass is 358 g/mol. The fraction of sp³-hybridized carbons (Fsp3) is 0. The van der Waals surface area contributed by atoms with Crippen LogP contribution in [0.2, 0.25) is 0 Å². The van der Waals surface area contributed by atoms with E-state index in [0.29, 0.717) is 0 Å². The van der Waals surface area contributed by atoms with Crippen LogP contribution in [-0.4, -0.2) is 0 Å². The first kappa shape index (κ1) is 10.1. The third kappa shape index (κ3) is 23.5. The molecule has 0 aromatic rings. The van der Waals surface area contributed by atoms with E-state index in [2.05, 4.69) is 0 Å². The van der Waals surface area contributed by atoms with E-state index in [4.69, 9.17) is 3.32 Å². The number of hydrogen-bond acceptors (Lipinski definition) is 3. The quantitative estimate of drug-likeness (QED) is 0.596. The summed E-state index contributed by atoms with van der Waals surface area (Å²) in [6.45, 7) is 0. The molecule has 0 bridgehead atoms. The summed E-state index contributed by atoms with van der Waals surface area (Å²) in [5.74, 6) is 0. The van der Waals surface area contributed by atoms with Crippen molar-refractivity contribution in [2.75, 3.05) is 0 Å². The minimum atomic E-state index is -4.28. The predicted octanol–water partition coefficient (Wildman–Crippen LogP) is -0.356. The summed E-state index contributed by atoms with van der Waals surface area (Å²) in [6.07, 6.45) is 0. The molecule has 0 aliphatic carbocycles. The molecule has 0 aromatic heterocycles. The Labute approximate surface area is 75.7 Å². The molecule has 0 aliphatic rings. The summed E-state index contributed by atoms with van der Waals surface area (Å²) in [4.78, 5) is 0. The van der Waals surface area contributed by atoms with E-state index in [0.717, 1.165) is 0 Å². The molecule has 0 heterocycles. The van der Waals surface area contributed by atoms with Crippen LogP contribution >= 0.6 is 0 Å². The van der Waals surface area contributed by atoms with Crippen molar-refractivity contribution in [3.8, 4) is 0 Å². The molecule has 0 radical (unpaired) electrons. The molecule has 0 rings (SSSR count). The molecule has 0 amide bonds. The van der Waals surface area contributed by atoms with E-state index in [-0.39, 0.29) is 39.9 Å². The van der Waals surface area contributed by atoms with Gasteiger partial charge in [-0.3, -0.25) is 0 Å². The molecule has 0 N–H and O–H groups in total. The second-order valence-corrected chi connectivity index (χ2v) is 1.51. The van der Waals surface area contributed by atoms with Crippen LogP contribution in [0.25, 0.3) is 0 Å². The summed E-state index contributed by atoms with van der Waals surface area (Å²) in [7, 11) is 0. The van der Waals surface area contributed by atoms with Crippen molar-refractivity contribution in [2.45, 2.75) is 0 Å². The number of hydrogen-bond donors (Lipinski definition) is 0. The fourth-order valence-corrected chi connectivity index (χ4v) is 0. The van der Waals surface area contributed by atoms with Crippen LogP contribution in [0, 0.1) is 74.5 Å². The molecule has 5 heavy (non-hydrogen) atoms. The Morgan fingerprint density at radius 2 is 1.00 bits per heavy atom. The summed E-state index contributed by atoms with van der Waals surface area (Å²) in [5.41, 5.74) is 0. The van der Waals surface area contributed by atoms with Crippen LogP contribution in [-0.2, 0) is 3.32 Å². The zero-order chi connectivity index (χ0) is 3.58. The maximum atomic E-state index is 8.61. The van der Waals surface area contributed by atoms with E-state index in [1.165, 1.54) is 0 Å². The zero-order valence-electron chi connectivity index (χ0n) is 1.99. The topological polar surface area (TPSA) is 51.2 Å². The van der Waals surface area contributed by atoms with Gasteiger partial charge in [0, 0.05) is 39.9 Å². The second-order valence-electron chi connectivity index (χ2n) is 0.204. The first-order chi connectivity index (χ1) is 1.73. The van der Waals surface area contributed by atoms with Gasteiger partial charge in [-0.15, -0.1) is 0 Å². The zero-order valence-corrected chi connectivity index (χ0v) is 6.87. The van der Waals surface area contributed by atoms with Gasteiger partial charge in [-0.25, -0.2) is 0 Å². The molecule has 0 aromatic carbocycles. The van der Waals surface area contributed by atoms with Crippen LogP contribution in [0.15, 0.2) is 0 Å². The Hall–Kier alpha value is 2.06. The van der Waals surface area contributed by atoms with Gasteiger partial charge in [-0.2, -0.15) is 0 Å². The van der Waals surface area contributed by atoms with Gasteiger partial charge in [-0.05, 0) is 0 Å². The number of rotatable bonds is 0. The SMILES string of the molecule is [Gd].[O]=[Sm](=[O])=[O]. The molecule has 0 aliphatic heterocycles. The molecule has 0 atom stereocenters. The van der Waals surface area contributed by atoms with Gasteiger partial charge in [0.15, 0.2) is 0 Å². The van der Waals surface area contributed by atoms with Crippen LogP contribution in [0.1, 0.15) is 0 Å². The first-order valence-electron chi connectivity index (χ1n) is 0.500. The van der Waals surface area contributed by atoms with Crippen molar-refractivity contribution in [3.05, 3.63) is 0 Å². The van der Waals surface area contributed by atoms with Crippen molar-refractivity contribution in [3.63, 3.8) is 0 Å². The third-order valence-electron chi connectivity index (χ3n) is 0. The Bertz CT molecular complexity index is 76.3. The summed E-state index contributed by atoms with van der Waals surface area (Å²) < 4.78 is 25.8. The average Bonchev–Trinajstić information content (AvgIpc) is 0.811. The van der Waals surface area contributed by atoms with Gasteiger partial charge in [0.05, 0.1) is 0 Å². The molecule has 0 unspecified atom stereocenters. The normalized spacial score (nSPS) is 4.80. The minimum absolute atomic E-state index is 0. The molecule has 32 valence electrons. The van der Waals surface area contributed by atoms with Crippen molar-refractivity contribution in [1.82, 2.24) is 0 Å². The Morgan fingerprint density at radius 1 is 1.00 bits per heavy atom. The van der Waals surface area contributed by atoms with Crippen LogP contribution in [0.5, 0.6) is 0 Å². The Morgan fingerprint density at radius 3 is 1.00 bits per heavy atom. The second kappa shape index (κ2) is 6.06. The molecule has 0 saturated carbocycles. The third-order valence-corrected chi connectivity index (χ3v) is 0. The van der Waals surface area contributed by atoms with E-state index in [1.54, 1.807) is 0 Å². The van der Waals surface area contributed by atoms with Gasteiger partial charge in [0.2, 0.25) is 0 Å². The first-order valence-corrected chi connectivity index (χ1v) is 3.71. The van der Waals surface area contributed by atoms with E-state index in [1.807, 2.05) is 0 Å². The molecule has 3 nitrogen and oxygen atoms in total. The molecule has 0 spiro atoms. The molecule has 5 heteroatoms. The molecule has 0 fully saturated rings. The van der Waals surface area contributed by atoms with Gasteiger partial charge < -0.3 is 0 Å². The van der Waals surface area contributed by atoms with Gasteiger partial charge in [0.1, 0.15) is 0 Å². The van der Waals surface area contributed by atoms with Crippen molar-refractivity contribution >= 4 is 0 Å². The van der Waals surface area contributed by atoms with Gasteiger partial charge in [-0.1, -0.05) is 0 Å². The maximum absolute atomic E-state index is 8.61. The van der Waals surface area contributed by atoms with Crippen LogP contribution in [0.3, 0.4) is 0 Å². The van der Waals surface area contributed by atoms with Gasteiger partial charge >= 0.3 is 37.9 Å².